The predicted octanol–water partition coefficient (Wildman–Crippen LogP) is 2.56. The van der Waals surface area contributed by atoms with Gasteiger partial charge >= 0.3 is 6.18 Å². The minimum Gasteiger partial charge on any atom is -0.479 e. The number of hydrogen-bond donors (Lipinski definition) is 1. The van der Waals surface area contributed by atoms with E-state index in [4.69, 9.17) is 4.74 Å². The normalized spacial score (nSPS) is 14.5. The van der Waals surface area contributed by atoms with E-state index in [1.807, 2.05) is 20.8 Å². The van der Waals surface area contributed by atoms with Crippen molar-refractivity contribution in [1.29, 1.82) is 0 Å². The van der Waals surface area contributed by atoms with E-state index >= 15 is 0 Å². The van der Waals surface area contributed by atoms with Crippen LogP contribution >= 0.6 is 0 Å². The molecule has 2 aromatic heterocycles. The Bertz CT molecular complexity index is 913. The molecule has 1 aliphatic heterocycles. The number of rotatable bonds is 3. The third-order valence-corrected chi connectivity index (χ3v) is 3.58. The molecule has 10 heteroatoms. The third-order valence-electron chi connectivity index (χ3n) is 3.58. The highest BCUT2D eigenvalue weighted by atomic mass is 19.4. The highest BCUT2D eigenvalue weighted by molar-refractivity contribution is 5.80. The van der Waals surface area contributed by atoms with E-state index in [1.165, 1.54) is 0 Å². The number of benzene rings is 1. The van der Waals surface area contributed by atoms with Crippen molar-refractivity contribution in [3.05, 3.63) is 42.8 Å². The molecule has 0 bridgehead atoms. The SMILES string of the molecule is FC(F)(F)c1nc(-c2ccc3c(c2)ncn3CN2C=COC2)n[nH]1. The maximum atomic E-state index is 12.6. The first-order valence-electron chi connectivity index (χ1n) is 6.98. The van der Waals surface area contributed by atoms with Crippen LogP contribution in [0.4, 0.5) is 13.2 Å². The maximum Gasteiger partial charge on any atom is 0.451 e. The predicted molar refractivity (Wildman–Crippen MR) is 77.0 cm³/mol. The molecule has 1 N–H and O–H groups in total. The largest absolute Gasteiger partial charge is 0.479 e. The quantitative estimate of drug-likeness (QED) is 0.796. The molecule has 3 heterocycles. The van der Waals surface area contributed by atoms with E-state index in [0.717, 1.165) is 5.52 Å². The molecule has 1 aromatic carbocycles. The zero-order chi connectivity index (χ0) is 16.7. The van der Waals surface area contributed by atoms with Gasteiger partial charge in [0.05, 0.1) is 24.0 Å². The van der Waals surface area contributed by atoms with Crippen molar-refractivity contribution in [1.82, 2.24) is 29.6 Å². The molecule has 0 saturated heterocycles. The zero-order valence-corrected chi connectivity index (χ0v) is 12.2. The number of H-pyrrole nitrogens is 1. The zero-order valence-electron chi connectivity index (χ0n) is 12.2. The van der Waals surface area contributed by atoms with Gasteiger partial charge in [0.25, 0.3) is 0 Å². The summed E-state index contributed by atoms with van der Waals surface area (Å²) < 4.78 is 44.8. The summed E-state index contributed by atoms with van der Waals surface area (Å²) in [7, 11) is 0. The van der Waals surface area contributed by atoms with Crippen molar-refractivity contribution >= 4 is 11.0 Å². The van der Waals surface area contributed by atoms with E-state index in [9.17, 15) is 13.2 Å². The molecule has 7 nitrogen and oxygen atoms in total. The molecule has 0 fully saturated rings. The fourth-order valence-corrected chi connectivity index (χ4v) is 2.43. The van der Waals surface area contributed by atoms with Gasteiger partial charge in [-0.1, -0.05) is 0 Å². The molecule has 3 aromatic rings. The Labute approximate surface area is 133 Å². The lowest BCUT2D eigenvalue weighted by atomic mass is 10.2. The van der Waals surface area contributed by atoms with E-state index in [1.54, 1.807) is 30.8 Å². The highest BCUT2D eigenvalue weighted by Gasteiger charge is 2.35. The molecule has 124 valence electrons. The number of hydrogen-bond acceptors (Lipinski definition) is 5. The molecular weight excluding hydrogens is 325 g/mol. The van der Waals surface area contributed by atoms with Crippen LogP contribution in [-0.4, -0.2) is 36.4 Å². The van der Waals surface area contributed by atoms with Gasteiger partial charge in [0.15, 0.2) is 12.6 Å². The summed E-state index contributed by atoms with van der Waals surface area (Å²) in [4.78, 5) is 9.72. The summed E-state index contributed by atoms with van der Waals surface area (Å²) >= 11 is 0. The van der Waals surface area contributed by atoms with Crippen molar-refractivity contribution < 1.29 is 17.9 Å². The number of imidazole rings is 1. The number of aromatic amines is 1. The van der Waals surface area contributed by atoms with Crippen molar-refractivity contribution in [3.8, 4) is 11.4 Å². The van der Waals surface area contributed by atoms with E-state index in [0.29, 0.717) is 24.5 Å². The molecule has 0 spiro atoms. The number of aromatic nitrogens is 5. The Hall–Kier alpha value is -3.04. The Morgan fingerprint density at radius 1 is 1.29 bits per heavy atom. The second kappa shape index (κ2) is 5.25. The molecule has 0 amide bonds. The van der Waals surface area contributed by atoms with Crippen LogP contribution in [0.3, 0.4) is 0 Å². The topological polar surface area (TPSA) is 71.9 Å². The number of nitrogens with zero attached hydrogens (tertiary/aromatic N) is 5. The standard InChI is InChI=1S/C14H11F3N6O/c15-14(16,17)13-19-12(20-21-13)9-1-2-11-10(5-9)18-6-23(11)7-22-3-4-24-8-22/h1-6H,7-8H2,(H,19,20,21). The van der Waals surface area contributed by atoms with Crippen molar-refractivity contribution in [2.24, 2.45) is 0 Å². The first kappa shape index (κ1) is 14.5. The van der Waals surface area contributed by atoms with Crippen LogP contribution in [0.25, 0.3) is 22.4 Å². The van der Waals surface area contributed by atoms with Gasteiger partial charge in [-0.2, -0.15) is 18.3 Å². The molecule has 0 aliphatic carbocycles. The van der Waals surface area contributed by atoms with Crippen LogP contribution in [0.2, 0.25) is 0 Å². The molecule has 1 aliphatic rings. The van der Waals surface area contributed by atoms with Gasteiger partial charge in [-0.05, 0) is 18.2 Å². The number of halogens is 3. The second-order valence-electron chi connectivity index (χ2n) is 5.23. The molecule has 0 saturated carbocycles. The van der Waals surface area contributed by atoms with Gasteiger partial charge < -0.3 is 14.2 Å². The fourth-order valence-electron chi connectivity index (χ4n) is 2.43. The van der Waals surface area contributed by atoms with Gasteiger partial charge in [-0.3, -0.25) is 5.10 Å². The first-order chi connectivity index (χ1) is 11.5. The highest BCUT2D eigenvalue weighted by Crippen LogP contribution is 2.28. The maximum absolute atomic E-state index is 12.6. The van der Waals surface area contributed by atoms with Crippen molar-refractivity contribution in [3.63, 3.8) is 0 Å². The Morgan fingerprint density at radius 2 is 2.17 bits per heavy atom. The Kier molecular flexibility index (Phi) is 3.18. The van der Waals surface area contributed by atoms with Crippen LogP contribution in [0.5, 0.6) is 0 Å². The summed E-state index contributed by atoms with van der Waals surface area (Å²) in [5.74, 6) is -1.14. The van der Waals surface area contributed by atoms with Gasteiger partial charge in [0.2, 0.25) is 5.82 Å². The summed E-state index contributed by atoms with van der Waals surface area (Å²) in [6, 6.07) is 5.10. The average Bonchev–Trinajstić information content (AvgIpc) is 3.27. The molecule has 0 radical (unpaired) electrons. The number of fused-ring (bicyclic) bond motifs is 1. The molecule has 0 unspecified atom stereocenters. The molecular formula is C14H11F3N6O. The summed E-state index contributed by atoms with van der Waals surface area (Å²) in [5, 5.41) is 5.53. The first-order valence-corrected chi connectivity index (χ1v) is 6.98. The molecule has 24 heavy (non-hydrogen) atoms. The molecule has 4 rings (SSSR count). The van der Waals surface area contributed by atoms with Crippen molar-refractivity contribution in [2.45, 2.75) is 12.8 Å². The van der Waals surface area contributed by atoms with Gasteiger partial charge in [-0.15, -0.1) is 0 Å². The van der Waals surface area contributed by atoms with Crippen LogP contribution in [0.15, 0.2) is 37.0 Å². The molecule has 0 atom stereocenters. The van der Waals surface area contributed by atoms with Gasteiger partial charge in [0, 0.05) is 11.8 Å². The van der Waals surface area contributed by atoms with E-state index in [-0.39, 0.29) is 5.82 Å². The Balaban J connectivity index is 1.64. The lowest BCUT2D eigenvalue weighted by Crippen LogP contribution is -2.18. The number of alkyl halides is 3. The lowest BCUT2D eigenvalue weighted by molar-refractivity contribution is -0.144. The Morgan fingerprint density at radius 3 is 2.88 bits per heavy atom. The fraction of sp³-hybridized carbons (Fsp3) is 0.214. The lowest BCUT2D eigenvalue weighted by Gasteiger charge is -2.14. The van der Waals surface area contributed by atoms with Crippen molar-refractivity contribution in [2.75, 3.05) is 6.73 Å². The second-order valence-corrected chi connectivity index (χ2v) is 5.23. The minimum atomic E-state index is -4.55. The van der Waals surface area contributed by atoms with E-state index < -0.39 is 12.0 Å². The summed E-state index contributed by atoms with van der Waals surface area (Å²) in [6.45, 7) is 1.03. The number of nitrogens with one attached hydrogen (secondary N) is 1. The van der Waals surface area contributed by atoms with Crippen LogP contribution in [0, 0.1) is 0 Å². The van der Waals surface area contributed by atoms with Gasteiger partial charge in [-0.25, -0.2) is 9.97 Å². The minimum absolute atomic E-state index is 0.0188. The smallest absolute Gasteiger partial charge is 0.451 e. The average molecular weight is 336 g/mol. The number of ether oxygens (including phenoxy) is 1. The van der Waals surface area contributed by atoms with Crippen LogP contribution in [-0.2, 0) is 17.6 Å². The van der Waals surface area contributed by atoms with Crippen LogP contribution < -0.4 is 0 Å². The monoisotopic (exact) mass is 336 g/mol. The summed E-state index contributed by atoms with van der Waals surface area (Å²) in [6.07, 6.45) is 0.549. The third kappa shape index (κ3) is 2.55. The van der Waals surface area contributed by atoms with Crippen LogP contribution in [0.1, 0.15) is 5.82 Å². The summed E-state index contributed by atoms with van der Waals surface area (Å²) in [5.41, 5.74) is 1.96. The van der Waals surface area contributed by atoms with E-state index in [2.05, 4.69) is 15.1 Å². The van der Waals surface area contributed by atoms with Gasteiger partial charge in [0.1, 0.15) is 6.26 Å².